The van der Waals surface area contributed by atoms with Crippen LogP contribution in [0.2, 0.25) is 0 Å². The van der Waals surface area contributed by atoms with Gasteiger partial charge in [-0.25, -0.2) is 18.2 Å². The average molecular weight is 768 g/mol. The normalized spacial score (nSPS) is 23.4. The Bertz CT molecular complexity index is 1870. The van der Waals surface area contributed by atoms with Crippen LogP contribution < -0.4 is 24.8 Å². The Morgan fingerprint density at radius 3 is 2.43 bits per heavy atom. The molecule has 0 spiro atoms. The van der Waals surface area contributed by atoms with E-state index in [9.17, 15) is 27.6 Å². The van der Waals surface area contributed by atoms with Crippen LogP contribution in [-0.4, -0.2) is 90.3 Å². The van der Waals surface area contributed by atoms with Gasteiger partial charge in [0.2, 0.25) is 27.7 Å². The number of amides is 4. The number of aromatic nitrogens is 1. The number of hydrogen-bond acceptors (Lipinski definition) is 10. The Morgan fingerprint density at radius 1 is 1.11 bits per heavy atom. The number of methoxy groups -OCH3 is 1. The molecule has 0 bridgehead atoms. The first-order chi connectivity index (χ1) is 25.5. The van der Waals surface area contributed by atoms with Crippen LogP contribution in [0.25, 0.3) is 10.8 Å². The van der Waals surface area contributed by atoms with Crippen molar-refractivity contribution in [3.8, 4) is 11.6 Å². The highest BCUT2D eigenvalue weighted by atomic mass is 32.2. The van der Waals surface area contributed by atoms with E-state index in [0.29, 0.717) is 30.4 Å². The molecule has 294 valence electrons. The van der Waals surface area contributed by atoms with Crippen molar-refractivity contribution < 1.29 is 41.8 Å². The summed E-state index contributed by atoms with van der Waals surface area (Å²) in [5.74, 6) is -2.10. The number of allylic oxidation sites excluding steroid dienone is 1. The van der Waals surface area contributed by atoms with E-state index in [1.165, 1.54) is 17.2 Å². The fraction of sp³-hybridized carbons (Fsp3) is 0.564. The first-order valence-corrected chi connectivity index (χ1v) is 20.1. The molecule has 15 heteroatoms. The number of hydrogen-bond donors (Lipinski definition) is 3. The number of fused-ring (bicyclic) bond motifs is 1. The number of likely N-dealkylation sites (tertiary alicyclic amines) is 1. The van der Waals surface area contributed by atoms with Crippen LogP contribution in [-0.2, 0) is 29.1 Å². The molecule has 2 aliphatic carbocycles. The minimum atomic E-state index is -3.91. The fourth-order valence-electron chi connectivity index (χ4n) is 6.93. The van der Waals surface area contributed by atoms with Crippen molar-refractivity contribution in [3.05, 3.63) is 55.8 Å². The van der Waals surface area contributed by atoms with Crippen molar-refractivity contribution in [2.75, 3.05) is 13.7 Å². The highest BCUT2D eigenvalue weighted by Gasteiger charge is 2.62. The van der Waals surface area contributed by atoms with Crippen molar-refractivity contribution in [1.82, 2.24) is 25.2 Å². The molecule has 3 fully saturated rings. The number of rotatable bonds is 17. The molecule has 0 radical (unpaired) electrons. The number of sulfonamides is 1. The summed E-state index contributed by atoms with van der Waals surface area (Å²) in [7, 11) is -2.36. The van der Waals surface area contributed by atoms with E-state index in [2.05, 4.69) is 33.5 Å². The maximum Gasteiger partial charge on any atom is 0.408 e. The quantitative estimate of drug-likeness (QED) is 0.153. The second-order valence-corrected chi connectivity index (χ2v) is 17.5. The smallest absolute Gasteiger partial charge is 0.408 e. The van der Waals surface area contributed by atoms with Gasteiger partial charge in [0, 0.05) is 23.1 Å². The first-order valence-electron chi connectivity index (χ1n) is 18.5. The molecule has 2 aromatic rings. The van der Waals surface area contributed by atoms with Crippen LogP contribution >= 0.6 is 0 Å². The Labute approximate surface area is 317 Å². The van der Waals surface area contributed by atoms with E-state index >= 15 is 0 Å². The Hall–Kier alpha value is -4.66. The van der Waals surface area contributed by atoms with Gasteiger partial charge in [-0.1, -0.05) is 43.7 Å². The van der Waals surface area contributed by atoms with Gasteiger partial charge < -0.3 is 29.7 Å². The Balaban J connectivity index is 1.45. The lowest BCUT2D eigenvalue weighted by Crippen LogP contribution is -2.59. The van der Waals surface area contributed by atoms with Crippen molar-refractivity contribution in [1.29, 1.82) is 0 Å². The molecule has 1 saturated heterocycles. The van der Waals surface area contributed by atoms with Crippen LogP contribution in [0.4, 0.5) is 4.79 Å². The molecule has 6 atom stereocenters. The largest absolute Gasteiger partial charge is 0.494 e. The van der Waals surface area contributed by atoms with Crippen molar-refractivity contribution in [2.24, 2.45) is 11.8 Å². The lowest BCUT2D eigenvalue weighted by atomic mass is 9.94. The summed E-state index contributed by atoms with van der Waals surface area (Å²) < 4.78 is 45.1. The number of carbonyl (C=O) groups is 4. The molecule has 14 nitrogen and oxygen atoms in total. The summed E-state index contributed by atoms with van der Waals surface area (Å²) in [6, 6.07) is 5.17. The molecule has 1 aromatic heterocycles. The van der Waals surface area contributed by atoms with Crippen LogP contribution in [0.5, 0.6) is 11.6 Å². The number of carbonyl (C=O) groups excluding carboxylic acids is 4. The van der Waals surface area contributed by atoms with Crippen molar-refractivity contribution in [3.63, 3.8) is 0 Å². The number of benzene rings is 1. The van der Waals surface area contributed by atoms with E-state index in [1.54, 1.807) is 27.9 Å². The molecule has 0 unspecified atom stereocenters. The summed E-state index contributed by atoms with van der Waals surface area (Å²) in [6.07, 6.45) is 7.43. The molecule has 3 aliphatic rings. The average Bonchev–Trinajstić information content (AvgIpc) is 4.05. The molecule has 2 heterocycles. The van der Waals surface area contributed by atoms with E-state index in [0.717, 1.165) is 24.6 Å². The number of ether oxygens (including phenoxy) is 3. The van der Waals surface area contributed by atoms with Gasteiger partial charge in [0.05, 0.1) is 25.1 Å². The number of unbranched alkanes of at least 4 members (excludes halogenated alkanes) is 2. The summed E-state index contributed by atoms with van der Waals surface area (Å²) >= 11 is 0. The molecule has 4 amide bonds. The summed E-state index contributed by atoms with van der Waals surface area (Å²) in [5.41, 5.74) is -2.39. The van der Waals surface area contributed by atoms with E-state index in [4.69, 9.17) is 14.2 Å². The van der Waals surface area contributed by atoms with Gasteiger partial charge in [0.15, 0.2) is 0 Å². The van der Waals surface area contributed by atoms with Gasteiger partial charge in [-0.3, -0.25) is 19.1 Å². The Kier molecular flexibility index (Phi) is 12.3. The van der Waals surface area contributed by atoms with E-state index < -0.39 is 74.3 Å². The molecule has 54 heavy (non-hydrogen) atoms. The number of pyridine rings is 1. The summed E-state index contributed by atoms with van der Waals surface area (Å²) in [5, 5.41) is 6.36. The molecule has 1 aliphatic heterocycles. The van der Waals surface area contributed by atoms with Gasteiger partial charge in [-0.15, -0.1) is 13.2 Å². The van der Waals surface area contributed by atoms with Gasteiger partial charge in [-0.05, 0) is 71.3 Å². The third-order valence-electron chi connectivity index (χ3n) is 10.1. The highest BCUT2D eigenvalue weighted by Crippen LogP contribution is 2.45. The SMILES string of the molecule is C=CCCCC[C@@H](C)[C@H](NC(=O)OC(C)(C)C)C(=O)N1C[C@H](Oc2ncc(OC)c3ccccc23)C[C@H]1C(=O)N[C@]1(C(=O)NS(=O)(=O)C2CC2)C[C@H]1C=C. The second kappa shape index (κ2) is 16.4. The molecule has 5 rings (SSSR count). The van der Waals surface area contributed by atoms with Crippen LogP contribution in [0.15, 0.2) is 55.8 Å². The van der Waals surface area contributed by atoms with Crippen molar-refractivity contribution >= 4 is 44.6 Å². The van der Waals surface area contributed by atoms with Gasteiger partial charge in [0.25, 0.3) is 5.91 Å². The third-order valence-corrected chi connectivity index (χ3v) is 12.0. The minimum absolute atomic E-state index is 0.0172. The predicted molar refractivity (Wildman–Crippen MR) is 203 cm³/mol. The zero-order valence-electron chi connectivity index (χ0n) is 31.8. The summed E-state index contributed by atoms with van der Waals surface area (Å²) in [6.45, 7) is 14.5. The highest BCUT2D eigenvalue weighted by molar-refractivity contribution is 7.91. The van der Waals surface area contributed by atoms with Crippen LogP contribution in [0.3, 0.4) is 0 Å². The minimum Gasteiger partial charge on any atom is -0.494 e. The zero-order valence-corrected chi connectivity index (χ0v) is 32.6. The molecule has 1 aromatic carbocycles. The van der Waals surface area contributed by atoms with Crippen LogP contribution in [0, 0.1) is 11.8 Å². The maximum atomic E-state index is 14.7. The van der Waals surface area contributed by atoms with Gasteiger partial charge in [0.1, 0.15) is 35.1 Å². The number of nitrogens with zero attached hydrogens (tertiary/aromatic N) is 2. The zero-order chi connectivity index (χ0) is 39.4. The maximum absolute atomic E-state index is 14.7. The summed E-state index contributed by atoms with van der Waals surface area (Å²) in [4.78, 5) is 61.6. The number of alkyl carbamates (subject to hydrolysis) is 1. The van der Waals surface area contributed by atoms with E-state index in [1.807, 2.05) is 37.3 Å². The molecule has 2 saturated carbocycles. The molecule has 3 N–H and O–H groups in total. The van der Waals surface area contributed by atoms with Crippen molar-refractivity contribution in [2.45, 2.75) is 114 Å². The second-order valence-electron chi connectivity index (χ2n) is 15.5. The van der Waals surface area contributed by atoms with Crippen LogP contribution in [0.1, 0.15) is 79.1 Å². The first kappa shape index (κ1) is 40.5. The third kappa shape index (κ3) is 9.34. The lowest BCUT2D eigenvalue weighted by molar-refractivity contribution is -0.142. The molecular formula is C39H53N5O9S. The van der Waals surface area contributed by atoms with Gasteiger partial charge in [-0.2, -0.15) is 0 Å². The van der Waals surface area contributed by atoms with E-state index in [-0.39, 0.29) is 31.2 Å². The predicted octanol–water partition coefficient (Wildman–Crippen LogP) is 4.54. The fourth-order valence-corrected chi connectivity index (χ4v) is 8.30. The molecular weight excluding hydrogens is 715 g/mol. The topological polar surface area (TPSA) is 182 Å². The Morgan fingerprint density at radius 2 is 1.81 bits per heavy atom. The van der Waals surface area contributed by atoms with Gasteiger partial charge >= 0.3 is 6.09 Å². The standard InChI is InChI=1S/C39H53N5O9S/c1-8-10-11-12-15-24(3)32(41-37(48)53-38(4,5)6)35(46)44-23-26(52-34-29-17-14-13-16-28(29)31(51-7)22-40-34)20-30(44)33(45)42-39(21-25(39)9-2)36(47)43-54(49,50)27-18-19-27/h8-9,13-14,16-17,22,24-27,30,32H,1-2,10-12,15,18-21,23H2,3-7H3,(H,41,48)(H,42,45)(H,43,47)/t24-,25-,26-,30+,32+,39-/m1/s1. The monoisotopic (exact) mass is 767 g/mol. The lowest BCUT2D eigenvalue weighted by Gasteiger charge is -2.32. The number of nitrogens with one attached hydrogen (secondary N) is 3.